The molecular weight excluding hydrogens is 264 g/mol. The van der Waals surface area contributed by atoms with Crippen molar-refractivity contribution < 1.29 is 0 Å². The molecule has 0 heteroatoms. The molecule has 0 aliphatic carbocycles. The molecule has 0 aromatic rings. The maximum absolute atomic E-state index is 2.42. The lowest BCUT2D eigenvalue weighted by atomic mass is 9.83. The SMILES string of the molecule is CCCCCCCC(CC)CC(CCCCC)CCCCC. The van der Waals surface area contributed by atoms with Crippen LogP contribution in [0.1, 0.15) is 130 Å². The van der Waals surface area contributed by atoms with Gasteiger partial charge in [0.2, 0.25) is 0 Å². The Morgan fingerprint density at radius 1 is 0.455 bits per heavy atom. The smallest absolute Gasteiger partial charge is 0.0412 e. The van der Waals surface area contributed by atoms with E-state index in [1.54, 1.807) is 0 Å². The Bertz CT molecular complexity index is 186. The minimum atomic E-state index is 1.01. The van der Waals surface area contributed by atoms with E-state index in [2.05, 4.69) is 27.7 Å². The lowest BCUT2D eigenvalue weighted by Gasteiger charge is -2.23. The average Bonchev–Trinajstić information content (AvgIpc) is 2.53. The molecule has 0 saturated heterocycles. The summed E-state index contributed by atoms with van der Waals surface area (Å²) in [4.78, 5) is 0. The van der Waals surface area contributed by atoms with Gasteiger partial charge in [-0.15, -0.1) is 0 Å². The van der Waals surface area contributed by atoms with Gasteiger partial charge in [0.05, 0.1) is 0 Å². The van der Waals surface area contributed by atoms with Gasteiger partial charge in [0.25, 0.3) is 0 Å². The Morgan fingerprint density at radius 2 is 0.864 bits per heavy atom. The minimum Gasteiger partial charge on any atom is -0.0654 e. The van der Waals surface area contributed by atoms with E-state index < -0.39 is 0 Å². The first-order valence-corrected chi connectivity index (χ1v) is 10.8. The zero-order valence-electron chi connectivity index (χ0n) is 16.5. The van der Waals surface area contributed by atoms with Gasteiger partial charge in [0.15, 0.2) is 0 Å². The fourth-order valence-electron chi connectivity index (χ4n) is 3.74. The first-order chi connectivity index (χ1) is 10.8. The van der Waals surface area contributed by atoms with Crippen LogP contribution in [0.4, 0.5) is 0 Å². The summed E-state index contributed by atoms with van der Waals surface area (Å²) in [6.45, 7) is 9.40. The van der Waals surface area contributed by atoms with Gasteiger partial charge in [0.1, 0.15) is 0 Å². The largest absolute Gasteiger partial charge is 0.0654 e. The first kappa shape index (κ1) is 22.0. The molecule has 0 nitrogen and oxygen atoms in total. The van der Waals surface area contributed by atoms with Gasteiger partial charge < -0.3 is 0 Å². The Hall–Kier alpha value is 0. The number of hydrogen-bond donors (Lipinski definition) is 0. The van der Waals surface area contributed by atoms with Crippen LogP contribution < -0.4 is 0 Å². The number of rotatable bonds is 17. The first-order valence-electron chi connectivity index (χ1n) is 10.8. The molecule has 0 aromatic heterocycles. The Kier molecular flexibility index (Phi) is 17.4. The van der Waals surface area contributed by atoms with Crippen molar-refractivity contribution in [2.75, 3.05) is 0 Å². The lowest BCUT2D eigenvalue weighted by molar-refractivity contribution is 0.295. The molecule has 1 unspecified atom stereocenters. The highest BCUT2D eigenvalue weighted by atomic mass is 14.2. The molecular formula is C22H46. The zero-order chi connectivity index (χ0) is 16.5. The van der Waals surface area contributed by atoms with Crippen LogP contribution in [-0.4, -0.2) is 0 Å². The summed E-state index contributed by atoms with van der Waals surface area (Å²) in [5.74, 6) is 2.04. The molecule has 0 saturated carbocycles. The molecule has 0 aliphatic heterocycles. The third-order valence-corrected chi connectivity index (χ3v) is 5.39. The molecule has 0 spiro atoms. The maximum Gasteiger partial charge on any atom is -0.0412 e. The zero-order valence-corrected chi connectivity index (χ0v) is 16.5. The molecule has 0 rings (SSSR count). The molecule has 0 aromatic carbocycles. The van der Waals surface area contributed by atoms with Crippen LogP contribution in [0.3, 0.4) is 0 Å². The third-order valence-electron chi connectivity index (χ3n) is 5.39. The van der Waals surface area contributed by atoms with Crippen molar-refractivity contribution in [1.82, 2.24) is 0 Å². The van der Waals surface area contributed by atoms with E-state index >= 15 is 0 Å². The summed E-state index contributed by atoms with van der Waals surface area (Å²) >= 11 is 0. The van der Waals surface area contributed by atoms with E-state index in [9.17, 15) is 0 Å². The molecule has 0 heterocycles. The molecule has 1 atom stereocenters. The van der Waals surface area contributed by atoms with E-state index in [0.29, 0.717) is 0 Å². The summed E-state index contributed by atoms with van der Waals surface area (Å²) < 4.78 is 0. The lowest BCUT2D eigenvalue weighted by Crippen LogP contribution is -2.09. The van der Waals surface area contributed by atoms with Crippen molar-refractivity contribution in [2.24, 2.45) is 11.8 Å². The van der Waals surface area contributed by atoms with Gasteiger partial charge in [-0.1, -0.05) is 124 Å². The predicted octanol–water partition coefficient (Wildman–Crippen LogP) is 8.54. The second-order valence-corrected chi connectivity index (χ2v) is 7.57. The Balaban J connectivity index is 4.01. The van der Waals surface area contributed by atoms with Gasteiger partial charge in [0, 0.05) is 0 Å². The summed E-state index contributed by atoms with van der Waals surface area (Å²) in [5, 5.41) is 0. The van der Waals surface area contributed by atoms with Gasteiger partial charge in [-0.3, -0.25) is 0 Å². The van der Waals surface area contributed by atoms with Crippen molar-refractivity contribution in [1.29, 1.82) is 0 Å². The van der Waals surface area contributed by atoms with Gasteiger partial charge in [-0.2, -0.15) is 0 Å². The van der Waals surface area contributed by atoms with Crippen LogP contribution in [0, 0.1) is 11.8 Å². The van der Waals surface area contributed by atoms with E-state index in [0.717, 1.165) is 11.8 Å². The highest BCUT2D eigenvalue weighted by Crippen LogP contribution is 2.29. The second-order valence-electron chi connectivity index (χ2n) is 7.57. The molecule has 134 valence electrons. The van der Waals surface area contributed by atoms with E-state index in [1.807, 2.05) is 0 Å². The molecule has 0 amide bonds. The third kappa shape index (κ3) is 13.6. The Morgan fingerprint density at radius 3 is 1.36 bits per heavy atom. The van der Waals surface area contributed by atoms with E-state index in [1.165, 1.54) is 103 Å². The molecule has 22 heavy (non-hydrogen) atoms. The molecule has 0 bridgehead atoms. The summed E-state index contributed by atoms with van der Waals surface area (Å²) in [6, 6.07) is 0. The van der Waals surface area contributed by atoms with Crippen LogP contribution in [0.5, 0.6) is 0 Å². The van der Waals surface area contributed by atoms with Gasteiger partial charge in [-0.25, -0.2) is 0 Å². The van der Waals surface area contributed by atoms with E-state index in [4.69, 9.17) is 0 Å². The fraction of sp³-hybridized carbons (Fsp3) is 1.00. The summed E-state index contributed by atoms with van der Waals surface area (Å²) in [5.41, 5.74) is 0. The molecule has 0 fully saturated rings. The fourth-order valence-corrected chi connectivity index (χ4v) is 3.74. The van der Waals surface area contributed by atoms with Crippen molar-refractivity contribution in [3.63, 3.8) is 0 Å². The van der Waals surface area contributed by atoms with Crippen molar-refractivity contribution in [3.8, 4) is 0 Å². The van der Waals surface area contributed by atoms with Crippen molar-refractivity contribution in [3.05, 3.63) is 0 Å². The molecule has 0 radical (unpaired) electrons. The predicted molar refractivity (Wildman–Crippen MR) is 104 cm³/mol. The maximum atomic E-state index is 2.42. The van der Waals surface area contributed by atoms with Crippen LogP contribution in [-0.2, 0) is 0 Å². The summed E-state index contributed by atoms with van der Waals surface area (Å²) in [6.07, 6.45) is 23.2. The van der Waals surface area contributed by atoms with Crippen molar-refractivity contribution >= 4 is 0 Å². The van der Waals surface area contributed by atoms with Gasteiger partial charge >= 0.3 is 0 Å². The monoisotopic (exact) mass is 310 g/mol. The van der Waals surface area contributed by atoms with Gasteiger partial charge in [-0.05, 0) is 18.3 Å². The van der Waals surface area contributed by atoms with Crippen LogP contribution in [0.2, 0.25) is 0 Å². The summed E-state index contributed by atoms with van der Waals surface area (Å²) in [7, 11) is 0. The number of unbranched alkanes of at least 4 members (excludes halogenated alkanes) is 8. The topological polar surface area (TPSA) is 0 Å². The standard InChI is InChI=1S/C22H46/c1-5-9-12-13-16-17-21(8-4)20-22(18-14-10-6-2)19-15-11-7-3/h21-22H,5-20H2,1-4H3. The number of hydrogen-bond acceptors (Lipinski definition) is 0. The molecule has 0 aliphatic rings. The normalized spacial score (nSPS) is 13.0. The average molecular weight is 311 g/mol. The Labute approximate surface area is 142 Å². The molecule has 0 N–H and O–H groups in total. The second kappa shape index (κ2) is 17.4. The van der Waals surface area contributed by atoms with Crippen LogP contribution in [0.15, 0.2) is 0 Å². The van der Waals surface area contributed by atoms with Crippen LogP contribution >= 0.6 is 0 Å². The van der Waals surface area contributed by atoms with Crippen molar-refractivity contribution in [2.45, 2.75) is 130 Å². The minimum absolute atomic E-state index is 1.01. The van der Waals surface area contributed by atoms with E-state index in [-0.39, 0.29) is 0 Å². The highest BCUT2D eigenvalue weighted by molar-refractivity contribution is 4.67. The highest BCUT2D eigenvalue weighted by Gasteiger charge is 2.15. The van der Waals surface area contributed by atoms with Crippen LogP contribution in [0.25, 0.3) is 0 Å². The quantitative estimate of drug-likeness (QED) is 0.236.